The zero-order valence-electron chi connectivity index (χ0n) is 2.25. The molecule has 0 aliphatic rings. The Balaban J connectivity index is 4.06. The molecule has 3 nitrogen and oxygen atoms in total. The van der Waals surface area contributed by atoms with E-state index in [1.54, 1.807) is 0 Å². The predicted octanol–water partition coefficient (Wildman–Crippen LogP) is -1.04. The van der Waals surface area contributed by atoms with Crippen molar-refractivity contribution in [2.24, 2.45) is 0 Å². The lowest BCUT2D eigenvalue weighted by atomic mass is 10.8. The fourth-order valence-corrected chi connectivity index (χ4v) is 0. The molecule has 0 fully saturated rings. The molecule has 0 bridgehead atoms. The fraction of sp³-hybridized carbons (Fsp3) is 0. The van der Waals surface area contributed by atoms with E-state index in [9.17, 15) is 0 Å². The Labute approximate surface area is 31.1 Å². The van der Waals surface area contributed by atoms with Gasteiger partial charge in [-0.25, -0.2) is 8.42 Å². The van der Waals surface area contributed by atoms with Crippen molar-refractivity contribution in [1.29, 1.82) is 0 Å². The SMILES string of the molecule is [B]S(=O)(=O)O. The van der Waals surface area contributed by atoms with Crippen LogP contribution in [0.5, 0.6) is 0 Å². The first-order valence-electron chi connectivity index (χ1n) is 0.752. The van der Waals surface area contributed by atoms with Crippen LogP contribution in [-0.2, 0) is 9.97 Å². The summed E-state index contributed by atoms with van der Waals surface area (Å²) in [7, 11) is -0.285. The lowest BCUT2D eigenvalue weighted by Gasteiger charge is -1.69. The molecule has 5 heteroatoms. The van der Waals surface area contributed by atoms with Crippen molar-refractivity contribution >= 4 is 17.1 Å². The molecule has 1 N–H and O–H groups in total. The Morgan fingerprint density at radius 1 is 1.60 bits per heavy atom. The van der Waals surface area contributed by atoms with Crippen LogP contribution in [0.25, 0.3) is 0 Å². The van der Waals surface area contributed by atoms with Crippen molar-refractivity contribution in [3.63, 3.8) is 0 Å². The van der Waals surface area contributed by atoms with Gasteiger partial charge in [-0.2, -0.15) is 0 Å². The van der Waals surface area contributed by atoms with E-state index in [1.807, 2.05) is 0 Å². The third kappa shape index (κ3) is 24700. The predicted molar refractivity (Wildman–Crippen MR) is 17.3 cm³/mol. The van der Waals surface area contributed by atoms with Crippen LogP contribution in [0.2, 0.25) is 0 Å². The van der Waals surface area contributed by atoms with Gasteiger partial charge in [0.1, 0.15) is 0 Å². The van der Waals surface area contributed by atoms with Crippen LogP contribution in [0.3, 0.4) is 0 Å². The minimum Gasteiger partial charge on any atom is -0.296 e. The van der Waals surface area contributed by atoms with Gasteiger partial charge in [0.25, 0.3) is 7.12 Å². The molecule has 0 aliphatic heterocycles. The maximum absolute atomic E-state index is 8.97. The second kappa shape index (κ2) is 0.985. The van der Waals surface area contributed by atoms with Gasteiger partial charge >= 0.3 is 0 Å². The summed E-state index contributed by atoms with van der Waals surface area (Å²) in [4.78, 5) is 0. The molecule has 0 aromatic carbocycles. The van der Waals surface area contributed by atoms with E-state index in [-0.39, 0.29) is 0 Å². The maximum Gasteiger partial charge on any atom is 0.295 e. The Bertz CT molecular complexity index is 90.1. The van der Waals surface area contributed by atoms with Crippen molar-refractivity contribution in [3.05, 3.63) is 0 Å². The monoisotopic (exact) mass is 92.0 g/mol. The highest BCUT2D eigenvalue weighted by atomic mass is 32.2. The highest BCUT2D eigenvalue weighted by Gasteiger charge is 1.82. The van der Waals surface area contributed by atoms with E-state index >= 15 is 0 Å². The van der Waals surface area contributed by atoms with Crippen molar-refractivity contribution in [1.82, 2.24) is 0 Å². The van der Waals surface area contributed by atoms with Crippen molar-refractivity contribution in [3.8, 4) is 0 Å². The molecule has 0 aromatic heterocycles. The summed E-state index contributed by atoms with van der Waals surface area (Å²) in [5.41, 5.74) is 0. The first-order chi connectivity index (χ1) is 2.00. The third-order valence-electron chi connectivity index (χ3n) is 0. The van der Waals surface area contributed by atoms with Crippen LogP contribution in [0.4, 0.5) is 0 Å². The van der Waals surface area contributed by atoms with E-state index in [1.165, 1.54) is 0 Å². The molecule has 0 heterocycles. The Morgan fingerprint density at radius 2 is 1.60 bits per heavy atom. The van der Waals surface area contributed by atoms with Crippen LogP contribution in [0, 0.1) is 0 Å². The van der Waals surface area contributed by atoms with Crippen LogP contribution < -0.4 is 0 Å². The summed E-state index contributed by atoms with van der Waals surface area (Å²) >= 11 is 0. The van der Waals surface area contributed by atoms with Gasteiger partial charge in [0.05, 0.1) is 0 Å². The second-order valence-corrected chi connectivity index (χ2v) is 1.54. The summed E-state index contributed by atoms with van der Waals surface area (Å²) in [6.45, 7) is 0. The fourth-order valence-electron chi connectivity index (χ4n) is 0. The molecule has 0 amide bonds. The van der Waals surface area contributed by atoms with Crippen molar-refractivity contribution < 1.29 is 13.0 Å². The van der Waals surface area contributed by atoms with E-state index in [0.717, 1.165) is 0 Å². The van der Waals surface area contributed by atoms with Gasteiger partial charge in [0.15, 0.2) is 9.97 Å². The largest absolute Gasteiger partial charge is 0.296 e. The third-order valence-corrected chi connectivity index (χ3v) is 0. The quantitative estimate of drug-likeness (QED) is 0.306. The van der Waals surface area contributed by atoms with E-state index in [2.05, 4.69) is 7.12 Å². The summed E-state index contributed by atoms with van der Waals surface area (Å²) in [6, 6.07) is 0. The Hall–Kier alpha value is -0.0251. The smallest absolute Gasteiger partial charge is 0.295 e. The molecule has 0 saturated carbocycles. The number of rotatable bonds is 0. The van der Waals surface area contributed by atoms with E-state index in [4.69, 9.17) is 13.0 Å². The molecule has 0 spiro atoms. The molecular weight excluding hydrogens is 90.9 g/mol. The summed E-state index contributed by atoms with van der Waals surface area (Å²) in [6.07, 6.45) is 0. The van der Waals surface area contributed by atoms with E-state index in [0.29, 0.717) is 0 Å². The summed E-state index contributed by atoms with van der Waals surface area (Å²) in [5, 5.41) is 0. The van der Waals surface area contributed by atoms with Crippen molar-refractivity contribution in [2.75, 3.05) is 0 Å². The van der Waals surface area contributed by atoms with Gasteiger partial charge in [0, 0.05) is 0 Å². The lowest BCUT2D eigenvalue weighted by molar-refractivity contribution is 0.501. The molecular formula is HBO3S. The molecule has 28 valence electrons. The highest BCUT2D eigenvalue weighted by molar-refractivity contribution is 8.07. The number of hydrogen-bond acceptors (Lipinski definition) is 2. The van der Waals surface area contributed by atoms with Gasteiger partial charge in [0.2, 0.25) is 0 Å². The van der Waals surface area contributed by atoms with Crippen LogP contribution >= 0.6 is 0 Å². The molecule has 5 heavy (non-hydrogen) atoms. The average Bonchev–Trinajstić information content (AvgIpc) is 0.722. The first-order valence-corrected chi connectivity index (χ1v) is 2.25. The topological polar surface area (TPSA) is 54.4 Å². The highest BCUT2D eigenvalue weighted by Crippen LogP contribution is 1.57. The molecule has 0 saturated heterocycles. The second-order valence-electron chi connectivity index (χ2n) is 0.515. The van der Waals surface area contributed by atoms with Gasteiger partial charge in [-0.05, 0) is 0 Å². The van der Waals surface area contributed by atoms with Crippen LogP contribution in [0.1, 0.15) is 0 Å². The minimum absolute atomic E-state index is 3.88. The average molecular weight is 91.9 g/mol. The lowest BCUT2D eigenvalue weighted by Crippen LogP contribution is -1.91. The van der Waals surface area contributed by atoms with Crippen LogP contribution in [0.15, 0.2) is 0 Å². The zero-order valence-corrected chi connectivity index (χ0v) is 3.07. The maximum atomic E-state index is 8.97. The standard InChI is InChI=1S/BHO3S/c1-5(2,3)4/h(H,2,3,4). The van der Waals surface area contributed by atoms with Crippen molar-refractivity contribution in [2.45, 2.75) is 0 Å². The Morgan fingerprint density at radius 3 is 1.60 bits per heavy atom. The van der Waals surface area contributed by atoms with Gasteiger partial charge in [-0.15, -0.1) is 0 Å². The first kappa shape index (κ1) is 4.97. The van der Waals surface area contributed by atoms with E-state index < -0.39 is 9.97 Å². The molecule has 0 atom stereocenters. The zero-order chi connectivity index (χ0) is 4.50. The minimum atomic E-state index is -4.17. The van der Waals surface area contributed by atoms with Gasteiger partial charge in [-0.3, -0.25) is 4.55 Å². The summed E-state index contributed by atoms with van der Waals surface area (Å²) < 4.78 is 25.2. The van der Waals surface area contributed by atoms with Gasteiger partial charge < -0.3 is 0 Å². The molecule has 0 aromatic rings. The molecule has 2 radical (unpaired) electrons. The number of hydrogen-bond donors (Lipinski definition) is 1. The molecule has 0 aliphatic carbocycles. The summed E-state index contributed by atoms with van der Waals surface area (Å²) in [5.74, 6) is 0. The molecule has 0 rings (SSSR count). The Kier molecular flexibility index (Phi) is 0.980. The molecule has 0 unspecified atom stereocenters. The normalized spacial score (nSPS) is 11.4. The van der Waals surface area contributed by atoms with Crippen LogP contribution in [-0.4, -0.2) is 20.1 Å². The van der Waals surface area contributed by atoms with Gasteiger partial charge in [-0.1, -0.05) is 0 Å².